The number of aromatic nitrogens is 2. The lowest BCUT2D eigenvalue weighted by molar-refractivity contribution is 0.407. The van der Waals surface area contributed by atoms with E-state index in [2.05, 4.69) is 5.10 Å². The minimum atomic E-state index is -0.180. The van der Waals surface area contributed by atoms with Gasteiger partial charge in [0.05, 0.1) is 14.7 Å². The molecule has 2 N–H and O–H groups in total. The highest BCUT2D eigenvalue weighted by atomic mass is 16.5. The van der Waals surface area contributed by atoms with Gasteiger partial charge in [-0.2, -0.15) is 5.10 Å². The molecule has 0 aliphatic heterocycles. The van der Waals surface area contributed by atoms with E-state index in [-0.39, 0.29) is 6.04 Å². The second-order valence-corrected chi connectivity index (χ2v) is 4.07. The molecule has 1 atom stereocenters. The number of rotatable bonds is 3. The number of aryl methyl sites for hydroxylation is 1. The van der Waals surface area contributed by atoms with E-state index >= 15 is 0 Å². The molecular formula is C13H17N3O. The molecule has 0 spiro atoms. The Bertz CT molecular complexity index is 563. The number of nitrogens with two attached hydrogens (primary N) is 1. The second-order valence-electron chi connectivity index (χ2n) is 4.07. The lowest BCUT2D eigenvalue weighted by Gasteiger charge is -2.12. The average molecular weight is 232 g/mol. The fraction of sp³-hybridized carbons (Fsp3) is 0.308. The number of benzene rings is 1. The minimum Gasteiger partial charge on any atom is -0.496 e. The topological polar surface area (TPSA) is 53.1 Å². The highest BCUT2D eigenvalue weighted by Crippen LogP contribution is 2.29. The van der Waals surface area contributed by atoms with E-state index in [1.807, 2.05) is 26.2 Å². The van der Waals surface area contributed by atoms with Crippen LogP contribution in [0.25, 0.3) is 11.1 Å². The van der Waals surface area contributed by atoms with Gasteiger partial charge in [-0.3, -0.25) is 4.68 Å². The fourth-order valence-electron chi connectivity index (χ4n) is 1.75. The Morgan fingerprint density at radius 3 is 2.82 bits per heavy atom. The van der Waals surface area contributed by atoms with E-state index < -0.39 is 0 Å². The molecule has 4 nitrogen and oxygen atoms in total. The summed E-state index contributed by atoms with van der Waals surface area (Å²) in [7, 11) is 3.42. The molecular weight excluding hydrogens is 214 g/mol. The van der Waals surface area contributed by atoms with E-state index in [0.29, 0.717) is 11.8 Å². The molecule has 0 saturated heterocycles. The average Bonchev–Trinajstić information content (AvgIpc) is 2.74. The van der Waals surface area contributed by atoms with Crippen LogP contribution in [0, 0.1) is 0 Å². The fourth-order valence-corrected chi connectivity index (χ4v) is 1.75. The van der Waals surface area contributed by atoms with Crippen molar-refractivity contribution in [1.29, 1.82) is 0 Å². The molecule has 0 unspecified atom stereocenters. The Kier molecular flexibility index (Phi) is 2.80. The largest absolute Gasteiger partial charge is 0.496 e. The highest BCUT2D eigenvalue weighted by Gasteiger charge is 2.10. The van der Waals surface area contributed by atoms with Crippen molar-refractivity contribution in [2.45, 2.75) is 13.0 Å². The predicted molar refractivity (Wildman–Crippen MR) is 67.8 cm³/mol. The molecule has 1 aromatic heterocycles. The van der Waals surface area contributed by atoms with Crippen LogP contribution in [0.1, 0.15) is 19.9 Å². The van der Waals surface area contributed by atoms with Gasteiger partial charge in [-0.15, -0.1) is 0 Å². The van der Waals surface area contributed by atoms with Crippen LogP contribution in [0.15, 0.2) is 30.6 Å². The summed E-state index contributed by atoms with van der Waals surface area (Å²) in [4.78, 5) is 0. The Labute approximate surface area is 102 Å². The Morgan fingerprint density at radius 1 is 1.53 bits per heavy atom. The summed E-state index contributed by atoms with van der Waals surface area (Å²) in [6, 6.07) is 3.88. The first-order valence-corrected chi connectivity index (χ1v) is 5.46. The van der Waals surface area contributed by atoms with E-state index in [4.69, 9.17) is 11.8 Å². The van der Waals surface area contributed by atoms with Gasteiger partial charge >= 0.3 is 0 Å². The molecule has 4 heteroatoms. The van der Waals surface area contributed by atoms with Gasteiger partial charge in [-0.25, -0.2) is 0 Å². The van der Waals surface area contributed by atoms with Crippen LogP contribution in [0.4, 0.5) is 0 Å². The minimum absolute atomic E-state index is 0.180. The number of hydrogen-bond donors (Lipinski definition) is 1. The molecule has 2 rings (SSSR count). The normalized spacial score (nSPS) is 13.3. The van der Waals surface area contributed by atoms with Crippen molar-refractivity contribution in [2.75, 3.05) is 7.11 Å². The monoisotopic (exact) mass is 232 g/mol. The van der Waals surface area contributed by atoms with Gasteiger partial charge < -0.3 is 10.5 Å². The summed E-state index contributed by atoms with van der Waals surface area (Å²) in [6.45, 7) is 1.88. The molecule has 1 heterocycles. The molecule has 0 aliphatic carbocycles. The first kappa shape index (κ1) is 10.4. The smallest absolute Gasteiger partial charge is 0.123 e. The highest BCUT2D eigenvalue weighted by molar-refractivity contribution is 5.64. The van der Waals surface area contributed by atoms with Crippen molar-refractivity contribution in [1.82, 2.24) is 9.78 Å². The van der Waals surface area contributed by atoms with Crippen LogP contribution in [0.3, 0.4) is 0 Å². The Hall–Kier alpha value is -1.81. The molecule has 90 valence electrons. The summed E-state index contributed by atoms with van der Waals surface area (Å²) in [5.41, 5.74) is 8.66. The maximum Gasteiger partial charge on any atom is 0.123 e. The first-order chi connectivity index (χ1) is 8.52. The predicted octanol–water partition coefficient (Wildman–Crippen LogP) is 2.12. The van der Waals surface area contributed by atoms with Crippen LogP contribution in [0.5, 0.6) is 5.75 Å². The van der Waals surface area contributed by atoms with Gasteiger partial charge in [-0.05, 0) is 24.6 Å². The molecule has 0 saturated carbocycles. The van der Waals surface area contributed by atoms with Crippen molar-refractivity contribution in [3.8, 4) is 16.9 Å². The Balaban J connectivity index is 2.57. The number of methoxy groups -OCH3 is 1. The van der Waals surface area contributed by atoms with Gasteiger partial charge in [0, 0.05) is 30.4 Å². The lowest BCUT2D eigenvalue weighted by Crippen LogP contribution is -2.07. The van der Waals surface area contributed by atoms with E-state index in [9.17, 15) is 0 Å². The molecule has 1 aromatic carbocycles. The van der Waals surface area contributed by atoms with Crippen LogP contribution in [0.2, 0.25) is 0 Å². The summed E-state index contributed by atoms with van der Waals surface area (Å²) in [5, 5.41) is 4.13. The van der Waals surface area contributed by atoms with Crippen molar-refractivity contribution in [2.24, 2.45) is 12.8 Å². The van der Waals surface area contributed by atoms with Crippen molar-refractivity contribution in [3.63, 3.8) is 0 Å². The van der Waals surface area contributed by atoms with Crippen molar-refractivity contribution in [3.05, 3.63) is 36.1 Å². The summed E-state index contributed by atoms with van der Waals surface area (Å²) < 4.78 is 15.0. The number of hydrogen-bond acceptors (Lipinski definition) is 3. The van der Waals surface area contributed by atoms with Gasteiger partial charge in [0.25, 0.3) is 0 Å². The third-order valence-corrected chi connectivity index (χ3v) is 2.66. The lowest BCUT2D eigenvalue weighted by atomic mass is 10.0. The molecule has 0 radical (unpaired) electrons. The van der Waals surface area contributed by atoms with Crippen molar-refractivity contribution >= 4 is 0 Å². The first-order valence-electron chi connectivity index (χ1n) is 5.96. The number of nitrogens with zero attached hydrogens (tertiary/aromatic N) is 2. The Morgan fingerprint density at radius 2 is 2.29 bits per heavy atom. The zero-order valence-electron chi connectivity index (χ0n) is 11.3. The van der Waals surface area contributed by atoms with Crippen molar-refractivity contribution < 1.29 is 6.11 Å². The zero-order valence-corrected chi connectivity index (χ0v) is 10.3. The van der Waals surface area contributed by atoms with Crippen LogP contribution in [-0.4, -0.2) is 16.9 Å². The van der Waals surface area contributed by atoms with Gasteiger partial charge in [0.2, 0.25) is 0 Å². The van der Waals surface area contributed by atoms with Crippen LogP contribution >= 0.6 is 0 Å². The van der Waals surface area contributed by atoms with E-state index in [1.54, 1.807) is 24.1 Å². The third kappa shape index (κ3) is 2.31. The van der Waals surface area contributed by atoms with Crippen LogP contribution in [-0.2, 0) is 7.05 Å². The zero-order chi connectivity index (χ0) is 13.3. The summed E-state index contributed by atoms with van der Waals surface area (Å²) in [5.74, 6) is 0.539. The third-order valence-electron chi connectivity index (χ3n) is 2.66. The molecule has 0 amide bonds. The maximum absolute atomic E-state index is 7.99. The van der Waals surface area contributed by atoms with Gasteiger partial charge in [0.1, 0.15) is 5.75 Å². The molecule has 17 heavy (non-hydrogen) atoms. The quantitative estimate of drug-likeness (QED) is 0.881. The molecule has 0 bridgehead atoms. The van der Waals surface area contributed by atoms with Gasteiger partial charge in [0.15, 0.2) is 0 Å². The van der Waals surface area contributed by atoms with E-state index in [0.717, 1.165) is 16.7 Å². The number of ether oxygens (including phenoxy) is 1. The second kappa shape index (κ2) is 4.59. The molecule has 0 aliphatic rings. The molecule has 0 fully saturated rings. The standard InChI is InChI=1S/C13H17N3O/c1-9(14)12-6-10(4-5-13(12)17-3)11-7-15-16(2)8-11/h4-9H,14H2,1-3H3/t9-/m1/s1/i5D. The summed E-state index contributed by atoms with van der Waals surface area (Å²) >= 11 is 0. The van der Waals surface area contributed by atoms with Crippen LogP contribution < -0.4 is 10.5 Å². The summed E-state index contributed by atoms with van der Waals surface area (Å²) in [6.07, 6.45) is 3.68. The molecule has 2 aromatic rings. The maximum atomic E-state index is 7.99. The van der Waals surface area contributed by atoms with E-state index in [1.165, 1.54) is 0 Å². The SMILES string of the molecule is [2H]c1cc(-c2cnn(C)c2)cc([C@@H](C)N)c1OC. The van der Waals surface area contributed by atoms with Gasteiger partial charge in [-0.1, -0.05) is 6.07 Å².